The molecular formula is C23H29FN2O3. The van der Waals surface area contributed by atoms with Gasteiger partial charge in [-0.3, -0.25) is 9.69 Å². The first-order valence-electron chi connectivity index (χ1n) is 10.0. The van der Waals surface area contributed by atoms with Gasteiger partial charge < -0.3 is 14.8 Å². The van der Waals surface area contributed by atoms with Gasteiger partial charge in [-0.1, -0.05) is 30.3 Å². The number of ether oxygens (including phenoxy) is 2. The first-order chi connectivity index (χ1) is 14.0. The molecule has 2 aromatic rings. The van der Waals surface area contributed by atoms with Crippen LogP contribution in [0, 0.1) is 5.82 Å². The fraction of sp³-hybridized carbons (Fsp3) is 0.435. The lowest BCUT2D eigenvalue weighted by molar-refractivity contribution is -0.121. The van der Waals surface area contributed by atoms with Crippen LogP contribution in [0.4, 0.5) is 4.39 Å². The Morgan fingerprint density at radius 1 is 1.24 bits per heavy atom. The molecule has 1 saturated heterocycles. The molecule has 1 amide bonds. The van der Waals surface area contributed by atoms with E-state index in [9.17, 15) is 9.18 Å². The molecule has 0 bridgehead atoms. The van der Waals surface area contributed by atoms with Crippen LogP contribution in [-0.2, 0) is 29.0 Å². The summed E-state index contributed by atoms with van der Waals surface area (Å²) in [4.78, 5) is 14.6. The van der Waals surface area contributed by atoms with Gasteiger partial charge in [0.25, 0.3) is 0 Å². The molecule has 0 aliphatic carbocycles. The normalized spacial score (nSPS) is 17.1. The third-order valence-corrected chi connectivity index (χ3v) is 5.07. The van der Waals surface area contributed by atoms with Gasteiger partial charge in [0.15, 0.2) is 11.6 Å². The van der Waals surface area contributed by atoms with Crippen LogP contribution in [-0.4, -0.2) is 43.7 Å². The summed E-state index contributed by atoms with van der Waals surface area (Å²) in [6.07, 6.45) is 1.07. The van der Waals surface area contributed by atoms with E-state index in [1.165, 1.54) is 18.7 Å². The maximum atomic E-state index is 13.7. The van der Waals surface area contributed by atoms with E-state index in [2.05, 4.69) is 29.3 Å². The van der Waals surface area contributed by atoms with E-state index >= 15 is 0 Å². The van der Waals surface area contributed by atoms with Gasteiger partial charge in [0.2, 0.25) is 5.91 Å². The number of halogens is 1. The average molecular weight is 400 g/mol. The van der Waals surface area contributed by atoms with Crippen LogP contribution < -0.4 is 10.1 Å². The van der Waals surface area contributed by atoms with E-state index in [1.54, 1.807) is 12.1 Å². The minimum Gasteiger partial charge on any atom is -0.494 e. The van der Waals surface area contributed by atoms with Crippen molar-refractivity contribution in [3.05, 3.63) is 65.0 Å². The monoisotopic (exact) mass is 400 g/mol. The van der Waals surface area contributed by atoms with Crippen LogP contribution >= 0.6 is 0 Å². The number of nitrogens with zero attached hydrogens (tertiary/aromatic N) is 1. The summed E-state index contributed by atoms with van der Waals surface area (Å²) in [5.41, 5.74) is 3.09. The standard InChI is InChI=1S/C23H29FN2O3/c1-17-15-26(10-11-29-17)16-20-5-3-4-19(12-20)14-25-23(27)9-7-18-6-8-22(28-2)21(24)13-18/h3-6,8,12-13,17H,7,9-11,14-16H2,1-2H3,(H,25,27). The zero-order valence-corrected chi connectivity index (χ0v) is 17.1. The van der Waals surface area contributed by atoms with Crippen molar-refractivity contribution < 1.29 is 18.7 Å². The Morgan fingerprint density at radius 3 is 2.83 bits per heavy atom. The number of rotatable bonds is 8. The molecule has 5 nitrogen and oxygen atoms in total. The predicted octanol–water partition coefficient (Wildman–Crippen LogP) is 3.30. The minimum absolute atomic E-state index is 0.0476. The van der Waals surface area contributed by atoms with Crippen molar-refractivity contribution in [2.75, 3.05) is 26.8 Å². The molecule has 1 aliphatic rings. The van der Waals surface area contributed by atoms with Crippen LogP contribution in [0.2, 0.25) is 0 Å². The number of carbonyl (C=O) groups is 1. The van der Waals surface area contributed by atoms with Gasteiger partial charge in [0.05, 0.1) is 19.8 Å². The highest BCUT2D eigenvalue weighted by molar-refractivity contribution is 5.76. The number of nitrogens with one attached hydrogen (secondary N) is 1. The summed E-state index contributed by atoms with van der Waals surface area (Å²) in [5.74, 6) is -0.241. The third kappa shape index (κ3) is 6.54. The number of aryl methyl sites for hydroxylation is 1. The maximum absolute atomic E-state index is 13.7. The van der Waals surface area contributed by atoms with Gasteiger partial charge in [0, 0.05) is 32.6 Å². The first-order valence-corrected chi connectivity index (χ1v) is 10.0. The molecule has 3 rings (SSSR count). The second kappa shape index (κ2) is 10.4. The number of morpholine rings is 1. The van der Waals surface area contributed by atoms with Crippen molar-refractivity contribution in [2.24, 2.45) is 0 Å². The molecule has 1 fully saturated rings. The molecule has 1 aliphatic heterocycles. The summed E-state index contributed by atoms with van der Waals surface area (Å²) in [5, 5.41) is 2.95. The van der Waals surface area contributed by atoms with Crippen molar-refractivity contribution in [1.29, 1.82) is 0 Å². The predicted molar refractivity (Wildman–Crippen MR) is 110 cm³/mol. The van der Waals surface area contributed by atoms with Crippen molar-refractivity contribution in [3.63, 3.8) is 0 Å². The van der Waals surface area contributed by atoms with Crippen LogP contribution in [0.15, 0.2) is 42.5 Å². The summed E-state index contributed by atoms with van der Waals surface area (Å²) >= 11 is 0. The number of amides is 1. The second-order valence-corrected chi connectivity index (χ2v) is 7.48. The zero-order chi connectivity index (χ0) is 20.6. The van der Waals surface area contributed by atoms with Crippen molar-refractivity contribution >= 4 is 5.91 Å². The molecule has 0 radical (unpaired) electrons. The van der Waals surface area contributed by atoms with Gasteiger partial charge in [-0.2, -0.15) is 0 Å². The van der Waals surface area contributed by atoms with E-state index in [4.69, 9.17) is 9.47 Å². The molecule has 2 aromatic carbocycles. The lowest BCUT2D eigenvalue weighted by Crippen LogP contribution is -2.40. The van der Waals surface area contributed by atoms with Crippen LogP contribution in [0.25, 0.3) is 0 Å². The van der Waals surface area contributed by atoms with E-state index in [0.717, 1.165) is 37.4 Å². The Morgan fingerprint density at radius 2 is 2.07 bits per heavy atom. The summed E-state index contributed by atoms with van der Waals surface area (Å²) < 4.78 is 24.2. The molecule has 156 valence electrons. The minimum atomic E-state index is -0.406. The van der Waals surface area contributed by atoms with Crippen LogP contribution in [0.5, 0.6) is 5.75 Å². The Kier molecular flexibility index (Phi) is 7.61. The highest BCUT2D eigenvalue weighted by atomic mass is 19.1. The molecular weight excluding hydrogens is 371 g/mol. The van der Waals surface area contributed by atoms with Crippen molar-refractivity contribution in [2.45, 2.75) is 39.0 Å². The summed E-state index contributed by atoms with van der Waals surface area (Å²) in [6, 6.07) is 13.1. The Labute approximate surface area is 171 Å². The molecule has 0 spiro atoms. The van der Waals surface area contributed by atoms with Crippen LogP contribution in [0.3, 0.4) is 0 Å². The van der Waals surface area contributed by atoms with Gasteiger partial charge >= 0.3 is 0 Å². The van der Waals surface area contributed by atoms with Crippen molar-refractivity contribution in [3.8, 4) is 5.75 Å². The number of benzene rings is 2. The van der Waals surface area contributed by atoms with Gasteiger partial charge in [-0.05, 0) is 42.2 Å². The highest BCUT2D eigenvalue weighted by Gasteiger charge is 2.16. The summed E-state index contributed by atoms with van der Waals surface area (Å²) in [6.45, 7) is 6.12. The van der Waals surface area contributed by atoms with E-state index < -0.39 is 5.82 Å². The van der Waals surface area contributed by atoms with Crippen molar-refractivity contribution in [1.82, 2.24) is 10.2 Å². The zero-order valence-electron chi connectivity index (χ0n) is 17.1. The van der Waals surface area contributed by atoms with E-state index in [0.29, 0.717) is 19.4 Å². The SMILES string of the molecule is COc1ccc(CCC(=O)NCc2cccc(CN3CCOC(C)C3)c2)cc1F. The molecule has 6 heteroatoms. The fourth-order valence-corrected chi connectivity index (χ4v) is 3.54. The fourth-order valence-electron chi connectivity index (χ4n) is 3.54. The molecule has 1 atom stereocenters. The van der Waals surface area contributed by atoms with Gasteiger partial charge in [-0.25, -0.2) is 4.39 Å². The largest absolute Gasteiger partial charge is 0.494 e. The third-order valence-electron chi connectivity index (χ3n) is 5.07. The number of methoxy groups -OCH3 is 1. The van der Waals surface area contributed by atoms with Gasteiger partial charge in [0.1, 0.15) is 0 Å². The molecule has 1 N–H and O–H groups in total. The van der Waals surface area contributed by atoms with Gasteiger partial charge in [-0.15, -0.1) is 0 Å². The molecule has 0 saturated carbocycles. The molecule has 1 unspecified atom stereocenters. The summed E-state index contributed by atoms with van der Waals surface area (Å²) in [7, 11) is 1.43. The van der Waals surface area contributed by atoms with Crippen LogP contribution in [0.1, 0.15) is 30.0 Å². The second-order valence-electron chi connectivity index (χ2n) is 7.48. The van der Waals surface area contributed by atoms with E-state index in [-0.39, 0.29) is 17.8 Å². The lowest BCUT2D eigenvalue weighted by Gasteiger charge is -2.31. The quantitative estimate of drug-likeness (QED) is 0.739. The first kappa shape index (κ1) is 21.3. The van der Waals surface area contributed by atoms with E-state index in [1.807, 2.05) is 12.1 Å². The Bertz CT molecular complexity index is 828. The molecule has 0 aromatic heterocycles. The lowest BCUT2D eigenvalue weighted by atomic mass is 10.1. The maximum Gasteiger partial charge on any atom is 0.220 e. The number of hydrogen-bond acceptors (Lipinski definition) is 4. The Hall–Kier alpha value is -2.44. The number of carbonyl (C=O) groups excluding carboxylic acids is 1. The molecule has 1 heterocycles. The topological polar surface area (TPSA) is 50.8 Å². The number of hydrogen-bond donors (Lipinski definition) is 1. The smallest absolute Gasteiger partial charge is 0.220 e. The molecule has 29 heavy (non-hydrogen) atoms. The Balaban J connectivity index is 1.45. The highest BCUT2D eigenvalue weighted by Crippen LogP contribution is 2.18. The average Bonchev–Trinajstić information content (AvgIpc) is 2.71.